The third kappa shape index (κ3) is 4.39. The number of anilines is 1. The average molecular weight is 413 g/mol. The summed E-state index contributed by atoms with van der Waals surface area (Å²) in [6.07, 6.45) is 1.27. The first-order chi connectivity index (χ1) is 13.2. The molecule has 0 spiro atoms. The predicted molar refractivity (Wildman–Crippen MR) is 119 cm³/mol. The van der Waals surface area contributed by atoms with E-state index < -0.39 is 0 Å². The van der Waals surface area contributed by atoms with Gasteiger partial charge in [0.2, 0.25) is 0 Å². The Balaban J connectivity index is 1.52. The number of thioether (sulfide) groups is 2. The van der Waals surface area contributed by atoms with Gasteiger partial charge in [-0.25, -0.2) is 4.98 Å². The minimum atomic E-state index is -0.0896. The van der Waals surface area contributed by atoms with Gasteiger partial charge in [0, 0.05) is 11.3 Å². The Morgan fingerprint density at radius 1 is 1.07 bits per heavy atom. The lowest BCUT2D eigenvalue weighted by Gasteiger charge is -2.21. The molecule has 27 heavy (non-hydrogen) atoms. The lowest BCUT2D eigenvalue weighted by Crippen LogP contribution is -2.12. The number of hydrogen-bond acceptors (Lipinski definition) is 5. The van der Waals surface area contributed by atoms with Crippen molar-refractivity contribution in [3.05, 3.63) is 70.7 Å². The Morgan fingerprint density at radius 2 is 1.85 bits per heavy atom. The van der Waals surface area contributed by atoms with Crippen LogP contribution in [0, 0.1) is 6.92 Å². The molecule has 6 heteroatoms. The van der Waals surface area contributed by atoms with Gasteiger partial charge in [-0.15, -0.1) is 34.9 Å². The maximum atomic E-state index is 12.8. The standard InChI is InChI=1S/C21H20N2OS3/c1-14-18(27-20(22-14)15-7-3-2-4-8-15)19(24)23-17-10-5-9-16(13-17)21-25-11-6-12-26-21/h2-5,7-10,13,21H,6,11-12H2,1H3,(H,23,24). The van der Waals surface area contributed by atoms with Gasteiger partial charge in [0.05, 0.1) is 10.3 Å². The van der Waals surface area contributed by atoms with Crippen LogP contribution in [-0.4, -0.2) is 22.4 Å². The maximum Gasteiger partial charge on any atom is 0.267 e. The highest BCUT2D eigenvalue weighted by Gasteiger charge is 2.19. The van der Waals surface area contributed by atoms with Gasteiger partial charge in [-0.2, -0.15) is 0 Å². The minimum Gasteiger partial charge on any atom is -0.321 e. The summed E-state index contributed by atoms with van der Waals surface area (Å²) in [5, 5.41) is 3.93. The number of amides is 1. The third-order valence-corrected chi connectivity index (χ3v) is 8.49. The van der Waals surface area contributed by atoms with Crippen molar-refractivity contribution in [1.29, 1.82) is 0 Å². The molecule has 1 aromatic heterocycles. The van der Waals surface area contributed by atoms with Crippen LogP contribution in [0.4, 0.5) is 5.69 Å². The second-order valence-electron chi connectivity index (χ2n) is 6.31. The monoisotopic (exact) mass is 412 g/mol. The van der Waals surface area contributed by atoms with Crippen molar-refractivity contribution in [3.8, 4) is 10.6 Å². The van der Waals surface area contributed by atoms with Crippen LogP contribution in [0.25, 0.3) is 10.6 Å². The molecule has 0 saturated carbocycles. The van der Waals surface area contributed by atoms with E-state index in [9.17, 15) is 4.79 Å². The average Bonchev–Trinajstić information content (AvgIpc) is 3.11. The van der Waals surface area contributed by atoms with Crippen molar-refractivity contribution in [3.63, 3.8) is 0 Å². The van der Waals surface area contributed by atoms with Crippen molar-refractivity contribution in [1.82, 2.24) is 4.98 Å². The number of nitrogens with zero attached hydrogens (tertiary/aromatic N) is 1. The van der Waals surface area contributed by atoms with Crippen LogP contribution in [0.3, 0.4) is 0 Å². The molecule has 1 N–H and O–H groups in total. The molecule has 138 valence electrons. The van der Waals surface area contributed by atoms with Crippen LogP contribution >= 0.6 is 34.9 Å². The molecule has 1 fully saturated rings. The summed E-state index contributed by atoms with van der Waals surface area (Å²) < 4.78 is 0.463. The third-order valence-electron chi connectivity index (χ3n) is 4.27. The fourth-order valence-corrected chi connectivity index (χ4v) is 6.78. The fourth-order valence-electron chi connectivity index (χ4n) is 2.94. The maximum absolute atomic E-state index is 12.8. The summed E-state index contributed by atoms with van der Waals surface area (Å²) in [5.74, 6) is 2.32. The predicted octanol–water partition coefficient (Wildman–Crippen LogP) is 6.24. The normalized spacial score (nSPS) is 14.9. The van der Waals surface area contributed by atoms with Crippen molar-refractivity contribution in [2.75, 3.05) is 16.8 Å². The summed E-state index contributed by atoms with van der Waals surface area (Å²) >= 11 is 5.41. The Labute approximate surface area is 172 Å². The quantitative estimate of drug-likeness (QED) is 0.551. The van der Waals surface area contributed by atoms with Gasteiger partial charge in [0.15, 0.2) is 0 Å². The van der Waals surface area contributed by atoms with Crippen LogP contribution in [0.1, 0.15) is 31.9 Å². The van der Waals surface area contributed by atoms with Crippen LogP contribution in [0.2, 0.25) is 0 Å². The van der Waals surface area contributed by atoms with E-state index in [1.807, 2.05) is 72.9 Å². The van der Waals surface area contributed by atoms with E-state index >= 15 is 0 Å². The van der Waals surface area contributed by atoms with Gasteiger partial charge in [0.1, 0.15) is 9.88 Å². The number of carbonyl (C=O) groups excluding carboxylic acids is 1. The highest BCUT2D eigenvalue weighted by atomic mass is 32.2. The number of rotatable bonds is 4. The SMILES string of the molecule is Cc1nc(-c2ccccc2)sc1C(=O)Nc1cccc(C2SCCCS2)c1. The van der Waals surface area contributed by atoms with Gasteiger partial charge >= 0.3 is 0 Å². The smallest absolute Gasteiger partial charge is 0.267 e. The first kappa shape index (κ1) is 18.6. The zero-order chi connectivity index (χ0) is 18.6. The van der Waals surface area contributed by atoms with Crippen LogP contribution < -0.4 is 5.32 Å². The zero-order valence-electron chi connectivity index (χ0n) is 15.0. The van der Waals surface area contributed by atoms with Gasteiger partial charge in [-0.3, -0.25) is 4.79 Å². The van der Waals surface area contributed by atoms with Gasteiger partial charge in [0.25, 0.3) is 5.91 Å². The molecule has 2 aromatic carbocycles. The largest absolute Gasteiger partial charge is 0.321 e. The molecule has 1 saturated heterocycles. The molecule has 0 aliphatic carbocycles. The lowest BCUT2D eigenvalue weighted by atomic mass is 10.2. The molecule has 4 rings (SSSR count). The van der Waals surface area contributed by atoms with E-state index in [0.29, 0.717) is 9.46 Å². The molecule has 0 bridgehead atoms. The lowest BCUT2D eigenvalue weighted by molar-refractivity contribution is 0.103. The Bertz CT molecular complexity index is 934. The van der Waals surface area contributed by atoms with Crippen molar-refractivity contribution < 1.29 is 4.79 Å². The number of nitrogens with one attached hydrogen (secondary N) is 1. The van der Waals surface area contributed by atoms with E-state index in [2.05, 4.69) is 22.4 Å². The molecular weight excluding hydrogens is 392 g/mol. The van der Waals surface area contributed by atoms with Gasteiger partial charge in [-0.1, -0.05) is 42.5 Å². The van der Waals surface area contributed by atoms with E-state index in [1.54, 1.807) is 0 Å². The Kier molecular flexibility index (Phi) is 5.86. The van der Waals surface area contributed by atoms with Crippen LogP contribution in [-0.2, 0) is 0 Å². The van der Waals surface area contributed by atoms with Crippen molar-refractivity contribution in [2.24, 2.45) is 0 Å². The molecule has 0 unspecified atom stereocenters. The first-order valence-electron chi connectivity index (χ1n) is 8.88. The summed E-state index contributed by atoms with van der Waals surface area (Å²) in [6.45, 7) is 1.89. The molecule has 2 heterocycles. The second kappa shape index (κ2) is 8.50. The zero-order valence-corrected chi connectivity index (χ0v) is 17.4. The second-order valence-corrected chi connectivity index (χ2v) is 10.0. The molecule has 3 aromatic rings. The molecule has 1 aliphatic heterocycles. The first-order valence-corrected chi connectivity index (χ1v) is 11.8. The van der Waals surface area contributed by atoms with Gasteiger partial charge in [-0.05, 0) is 42.5 Å². The molecule has 0 radical (unpaired) electrons. The molecule has 1 amide bonds. The summed E-state index contributed by atoms with van der Waals surface area (Å²) in [4.78, 5) is 18.1. The van der Waals surface area contributed by atoms with Crippen molar-refractivity contribution in [2.45, 2.75) is 17.9 Å². The van der Waals surface area contributed by atoms with E-state index in [-0.39, 0.29) is 5.91 Å². The van der Waals surface area contributed by atoms with Crippen LogP contribution in [0.15, 0.2) is 54.6 Å². The Hall–Kier alpha value is -1.76. The number of aromatic nitrogens is 1. The number of benzene rings is 2. The van der Waals surface area contributed by atoms with E-state index in [1.165, 1.54) is 34.8 Å². The minimum absolute atomic E-state index is 0.0896. The molecule has 3 nitrogen and oxygen atoms in total. The molecule has 0 atom stereocenters. The number of aryl methyl sites for hydroxylation is 1. The number of carbonyl (C=O) groups is 1. The van der Waals surface area contributed by atoms with E-state index in [4.69, 9.17) is 0 Å². The summed E-state index contributed by atoms with van der Waals surface area (Å²) in [7, 11) is 0. The molecule has 1 aliphatic rings. The summed E-state index contributed by atoms with van der Waals surface area (Å²) in [5.41, 5.74) is 3.93. The highest BCUT2D eigenvalue weighted by molar-refractivity contribution is 8.16. The number of hydrogen-bond donors (Lipinski definition) is 1. The fraction of sp³-hybridized carbons (Fsp3) is 0.238. The molecular formula is C21H20N2OS3. The summed E-state index contributed by atoms with van der Waals surface area (Å²) in [6, 6.07) is 18.2. The van der Waals surface area contributed by atoms with Crippen LogP contribution in [0.5, 0.6) is 0 Å². The van der Waals surface area contributed by atoms with Gasteiger partial charge < -0.3 is 5.32 Å². The highest BCUT2D eigenvalue weighted by Crippen LogP contribution is 2.44. The van der Waals surface area contributed by atoms with E-state index in [0.717, 1.165) is 22.0 Å². The topological polar surface area (TPSA) is 42.0 Å². The number of thiazole rings is 1. The van der Waals surface area contributed by atoms with Crippen molar-refractivity contribution >= 4 is 46.5 Å². The Morgan fingerprint density at radius 3 is 2.63 bits per heavy atom.